The predicted octanol–water partition coefficient (Wildman–Crippen LogP) is 2.51. The van der Waals surface area contributed by atoms with Gasteiger partial charge in [0, 0.05) is 18.2 Å². The zero-order valence-corrected chi connectivity index (χ0v) is 14.4. The van der Waals surface area contributed by atoms with E-state index in [1.807, 2.05) is 0 Å². The molecule has 2 N–H and O–H groups in total. The van der Waals surface area contributed by atoms with E-state index < -0.39 is 11.0 Å². The number of hydrogen-bond donors (Lipinski definition) is 2. The topological polar surface area (TPSA) is 52.9 Å². The minimum absolute atomic E-state index is 0.0307. The Morgan fingerprint density at radius 1 is 1.40 bits per heavy atom. The Morgan fingerprint density at radius 2 is 2.24 bits per heavy atom. The highest BCUT2D eigenvalue weighted by atomic mass is 16.5. The van der Waals surface area contributed by atoms with Crippen molar-refractivity contribution in [3.05, 3.63) is 35.4 Å². The lowest BCUT2D eigenvalue weighted by molar-refractivity contribution is -0.174. The summed E-state index contributed by atoms with van der Waals surface area (Å²) >= 11 is 0. The summed E-state index contributed by atoms with van der Waals surface area (Å²) in [6.45, 7) is 6.25. The van der Waals surface area contributed by atoms with Gasteiger partial charge in [0.15, 0.2) is 11.5 Å². The largest absolute Gasteiger partial charge is 0.504 e. The Bertz CT molecular complexity index is 850. The quantitative estimate of drug-likeness (QED) is 0.813. The standard InChI is InChI=1S/C21H25NO3/c1-12-6-7-21(24)16-10-14-4-5-15(23)18-17(14)20(21,19(12)25-18)8-9-22(16)11-13-2-3-13/h4-5,13,16,19,23-24H,1-3,6-11H2/t16-,19+,20+,21-/m1/s1/i4D. The van der Waals surface area contributed by atoms with E-state index in [2.05, 4.69) is 11.5 Å². The first-order chi connectivity index (χ1) is 12.5. The molecule has 3 fully saturated rings. The number of piperidine rings is 1. The zero-order chi connectivity index (χ0) is 17.8. The Balaban J connectivity index is 1.60. The molecule has 1 aromatic carbocycles. The normalized spacial score (nSPS) is 42.0. The fourth-order valence-electron chi connectivity index (χ4n) is 6.30. The summed E-state index contributed by atoms with van der Waals surface area (Å²) in [7, 11) is 0. The molecule has 0 radical (unpaired) electrons. The molecule has 2 aliphatic heterocycles. The molecule has 1 saturated heterocycles. The van der Waals surface area contributed by atoms with Gasteiger partial charge in [-0.2, -0.15) is 0 Å². The lowest BCUT2D eigenvalue weighted by Crippen LogP contribution is -2.75. The van der Waals surface area contributed by atoms with Crippen LogP contribution in [0.1, 0.15) is 44.6 Å². The van der Waals surface area contributed by atoms with Gasteiger partial charge in [-0.25, -0.2) is 0 Å². The third kappa shape index (κ3) is 1.57. The van der Waals surface area contributed by atoms with Crippen LogP contribution in [0.15, 0.2) is 24.3 Å². The number of nitrogens with zero attached hydrogens (tertiary/aromatic N) is 1. The molecule has 4 atom stereocenters. The van der Waals surface area contributed by atoms with E-state index in [1.54, 1.807) is 0 Å². The molecule has 1 spiro atoms. The van der Waals surface area contributed by atoms with Gasteiger partial charge in [0.25, 0.3) is 0 Å². The van der Waals surface area contributed by atoms with E-state index in [9.17, 15) is 10.2 Å². The molecule has 4 nitrogen and oxygen atoms in total. The van der Waals surface area contributed by atoms with Gasteiger partial charge >= 0.3 is 0 Å². The third-order valence-electron chi connectivity index (χ3n) is 7.62. The molecule has 1 aromatic rings. The number of phenols is 1. The Morgan fingerprint density at radius 3 is 3.04 bits per heavy atom. The molecular formula is C21H25NO3. The van der Waals surface area contributed by atoms with E-state index in [0.717, 1.165) is 48.5 Å². The maximum Gasteiger partial charge on any atom is 0.166 e. The van der Waals surface area contributed by atoms with Crippen LogP contribution in [0.2, 0.25) is 0 Å². The molecule has 3 aliphatic carbocycles. The first kappa shape index (κ1) is 13.7. The van der Waals surface area contributed by atoms with Gasteiger partial charge in [-0.1, -0.05) is 12.6 Å². The van der Waals surface area contributed by atoms with Gasteiger partial charge in [-0.3, -0.25) is 4.90 Å². The van der Waals surface area contributed by atoms with Crippen LogP contribution in [-0.2, 0) is 11.8 Å². The van der Waals surface area contributed by atoms with Crippen LogP contribution in [0.3, 0.4) is 0 Å². The van der Waals surface area contributed by atoms with Gasteiger partial charge in [-0.05, 0) is 68.2 Å². The van der Waals surface area contributed by atoms with Crippen molar-refractivity contribution in [2.24, 2.45) is 5.92 Å². The van der Waals surface area contributed by atoms with Gasteiger partial charge in [0.1, 0.15) is 6.10 Å². The van der Waals surface area contributed by atoms with Gasteiger partial charge in [0.05, 0.1) is 12.4 Å². The molecule has 0 aromatic heterocycles. The Kier molecular flexibility index (Phi) is 2.41. The monoisotopic (exact) mass is 340 g/mol. The van der Waals surface area contributed by atoms with Gasteiger partial charge in [-0.15, -0.1) is 0 Å². The molecule has 2 bridgehead atoms. The molecule has 0 amide bonds. The molecule has 2 saturated carbocycles. The maximum absolute atomic E-state index is 12.1. The van der Waals surface area contributed by atoms with Crippen molar-refractivity contribution in [1.29, 1.82) is 0 Å². The number of phenolic OH excluding ortho intramolecular Hbond substituents is 1. The van der Waals surface area contributed by atoms with Crippen molar-refractivity contribution in [1.82, 2.24) is 4.90 Å². The second-order valence-corrected chi connectivity index (χ2v) is 8.82. The summed E-state index contributed by atoms with van der Waals surface area (Å²) in [5.41, 5.74) is 1.47. The average Bonchev–Trinajstić information content (AvgIpc) is 3.33. The average molecular weight is 340 g/mol. The van der Waals surface area contributed by atoms with Crippen molar-refractivity contribution in [2.75, 3.05) is 13.1 Å². The zero-order valence-electron chi connectivity index (χ0n) is 15.4. The SMILES string of the molecule is [2H]c1cc(O)c2c3c1C[C@H]1N(CC4CC4)CC[C@@]34[C@@H](O2)C(=C)CC[C@@]14O. The Hall–Kier alpha value is -1.52. The van der Waals surface area contributed by atoms with Crippen molar-refractivity contribution >= 4 is 0 Å². The lowest BCUT2D eigenvalue weighted by Gasteiger charge is -2.63. The number of aromatic hydroxyl groups is 1. The van der Waals surface area contributed by atoms with Crippen LogP contribution in [-0.4, -0.2) is 45.9 Å². The van der Waals surface area contributed by atoms with Crippen LogP contribution in [0.25, 0.3) is 0 Å². The maximum atomic E-state index is 12.1. The lowest BCUT2D eigenvalue weighted by atomic mass is 9.48. The predicted molar refractivity (Wildman–Crippen MR) is 93.9 cm³/mol. The van der Waals surface area contributed by atoms with Crippen LogP contribution in [0.4, 0.5) is 0 Å². The molecule has 5 aliphatic rings. The first-order valence-electron chi connectivity index (χ1n) is 10.1. The fraction of sp³-hybridized carbons (Fsp3) is 0.619. The van der Waals surface area contributed by atoms with Crippen LogP contribution in [0.5, 0.6) is 11.5 Å². The number of hydrogen-bond acceptors (Lipinski definition) is 4. The van der Waals surface area contributed by atoms with Crippen LogP contribution < -0.4 is 4.74 Å². The summed E-state index contributed by atoms with van der Waals surface area (Å²) in [5.74, 6) is 1.30. The molecule has 25 heavy (non-hydrogen) atoms. The van der Waals surface area contributed by atoms with E-state index >= 15 is 0 Å². The highest BCUT2D eigenvalue weighted by Gasteiger charge is 2.71. The summed E-state index contributed by atoms with van der Waals surface area (Å²) in [4.78, 5) is 2.49. The van der Waals surface area contributed by atoms with Crippen LogP contribution >= 0.6 is 0 Å². The number of rotatable bonds is 2. The molecule has 6 rings (SSSR count). The van der Waals surface area contributed by atoms with Crippen LogP contribution in [0, 0.1) is 5.92 Å². The van der Waals surface area contributed by atoms with E-state index in [0.29, 0.717) is 24.6 Å². The summed E-state index contributed by atoms with van der Waals surface area (Å²) in [5, 5.41) is 22.6. The summed E-state index contributed by atoms with van der Waals surface area (Å²) in [6.07, 6.45) is 5.25. The summed E-state index contributed by atoms with van der Waals surface area (Å²) < 4.78 is 14.7. The summed E-state index contributed by atoms with van der Waals surface area (Å²) in [6, 6.07) is 1.92. The number of benzene rings is 1. The Labute approximate surface area is 149 Å². The van der Waals surface area contributed by atoms with Crippen molar-refractivity contribution in [3.63, 3.8) is 0 Å². The smallest absolute Gasteiger partial charge is 0.166 e. The fourth-order valence-corrected chi connectivity index (χ4v) is 6.30. The van der Waals surface area contributed by atoms with Crippen molar-refractivity contribution in [2.45, 2.75) is 61.7 Å². The van der Waals surface area contributed by atoms with Crippen molar-refractivity contribution in [3.8, 4) is 11.5 Å². The van der Waals surface area contributed by atoms with Gasteiger partial charge in [0.2, 0.25) is 0 Å². The van der Waals surface area contributed by atoms with E-state index in [-0.39, 0.29) is 17.9 Å². The second-order valence-electron chi connectivity index (χ2n) is 8.82. The second kappa shape index (κ2) is 4.41. The van der Waals surface area contributed by atoms with Crippen molar-refractivity contribution < 1.29 is 16.3 Å². The first-order valence-corrected chi connectivity index (χ1v) is 9.62. The minimum atomic E-state index is -0.871. The van der Waals surface area contributed by atoms with E-state index in [4.69, 9.17) is 6.11 Å². The highest BCUT2D eigenvalue weighted by Crippen LogP contribution is 2.66. The number of ether oxygens (including phenoxy) is 1. The minimum Gasteiger partial charge on any atom is -0.504 e. The molecule has 0 unspecified atom stereocenters. The molecular weight excluding hydrogens is 314 g/mol. The molecule has 2 heterocycles. The molecule has 4 heteroatoms. The van der Waals surface area contributed by atoms with Gasteiger partial charge < -0.3 is 14.9 Å². The highest BCUT2D eigenvalue weighted by molar-refractivity contribution is 5.63. The number of aliphatic hydroxyl groups is 1. The van der Waals surface area contributed by atoms with E-state index in [1.165, 1.54) is 18.9 Å². The number of likely N-dealkylation sites (tertiary alicyclic amines) is 1. The molecule has 132 valence electrons. The third-order valence-corrected chi connectivity index (χ3v) is 7.62.